The average Bonchev–Trinajstić information content (AvgIpc) is 2.42. The third kappa shape index (κ3) is 4.21. The molecule has 0 heterocycles. The van der Waals surface area contributed by atoms with E-state index in [1.807, 2.05) is 24.3 Å². The van der Waals surface area contributed by atoms with Gasteiger partial charge in [0, 0.05) is 11.0 Å². The molecule has 2 rings (SSSR count). The lowest BCUT2D eigenvalue weighted by molar-refractivity contribution is 0.486. The van der Waals surface area contributed by atoms with Gasteiger partial charge in [0.1, 0.15) is 0 Å². The van der Waals surface area contributed by atoms with Gasteiger partial charge in [-0.1, -0.05) is 47.3 Å². The van der Waals surface area contributed by atoms with E-state index in [1.165, 1.54) is 5.56 Å². The third-order valence-electron chi connectivity index (χ3n) is 3.59. The molecule has 0 saturated heterocycles. The normalized spacial score (nSPS) is 17.3. The van der Waals surface area contributed by atoms with Crippen molar-refractivity contribution in [3.63, 3.8) is 0 Å². The van der Waals surface area contributed by atoms with Gasteiger partial charge in [0.05, 0.1) is 5.25 Å². The molecule has 106 valence electrons. The number of halogens is 1. The molecule has 1 aliphatic rings. The van der Waals surface area contributed by atoms with E-state index in [0.29, 0.717) is 5.69 Å². The number of rotatable bonds is 5. The number of benzene rings is 1. The van der Waals surface area contributed by atoms with Crippen LogP contribution in [0.5, 0.6) is 0 Å². The van der Waals surface area contributed by atoms with E-state index >= 15 is 0 Å². The van der Waals surface area contributed by atoms with Crippen LogP contribution in [0.2, 0.25) is 0 Å². The Kier molecular flexibility index (Phi) is 5.28. The monoisotopic (exact) mass is 345 g/mol. The van der Waals surface area contributed by atoms with Gasteiger partial charge in [-0.15, -0.1) is 0 Å². The van der Waals surface area contributed by atoms with Gasteiger partial charge in [0.25, 0.3) is 0 Å². The third-order valence-corrected chi connectivity index (χ3v) is 5.85. The van der Waals surface area contributed by atoms with E-state index in [0.717, 1.165) is 43.9 Å². The van der Waals surface area contributed by atoms with E-state index in [2.05, 4.69) is 20.7 Å². The molecule has 1 saturated carbocycles. The van der Waals surface area contributed by atoms with Crippen LogP contribution in [0.4, 0.5) is 5.69 Å². The van der Waals surface area contributed by atoms with Crippen molar-refractivity contribution in [3.8, 4) is 0 Å². The summed E-state index contributed by atoms with van der Waals surface area (Å²) in [5.74, 6) is 0. The number of hydrogen-bond acceptors (Lipinski definition) is 2. The average molecular weight is 346 g/mol. The minimum Gasteiger partial charge on any atom is -0.283 e. The summed E-state index contributed by atoms with van der Waals surface area (Å²) in [6, 6.07) is 7.64. The summed E-state index contributed by atoms with van der Waals surface area (Å²) >= 11 is 3.39. The van der Waals surface area contributed by atoms with Gasteiger partial charge in [-0.25, -0.2) is 8.42 Å². The molecule has 1 aromatic carbocycles. The van der Waals surface area contributed by atoms with Crippen molar-refractivity contribution in [2.24, 2.45) is 0 Å². The van der Waals surface area contributed by atoms with Gasteiger partial charge in [0.2, 0.25) is 10.0 Å². The summed E-state index contributed by atoms with van der Waals surface area (Å²) in [6.45, 7) is 0. The fourth-order valence-corrected chi connectivity index (χ4v) is 4.51. The molecule has 0 radical (unpaired) electrons. The molecular formula is C14H20BrNO2S. The predicted octanol–water partition coefficient (Wildman–Crippen LogP) is 3.70. The molecule has 1 N–H and O–H groups in total. The summed E-state index contributed by atoms with van der Waals surface area (Å²) < 4.78 is 27.2. The molecule has 1 aliphatic carbocycles. The van der Waals surface area contributed by atoms with E-state index in [4.69, 9.17) is 0 Å². The first-order valence-corrected chi connectivity index (χ1v) is 9.45. The summed E-state index contributed by atoms with van der Waals surface area (Å²) in [5, 5.41) is 0.698. The van der Waals surface area contributed by atoms with Crippen LogP contribution in [0, 0.1) is 0 Å². The highest BCUT2D eigenvalue weighted by Gasteiger charge is 2.26. The number of alkyl halides is 1. The SMILES string of the molecule is O=S(=O)(Nc1ccc(CCBr)cc1)C1CCCCC1. The Hall–Kier alpha value is -0.550. The van der Waals surface area contributed by atoms with Crippen molar-refractivity contribution in [1.82, 2.24) is 0 Å². The minimum absolute atomic E-state index is 0.219. The Labute approximate surface area is 124 Å². The zero-order valence-electron chi connectivity index (χ0n) is 10.9. The van der Waals surface area contributed by atoms with Gasteiger partial charge in [0.15, 0.2) is 0 Å². The lowest BCUT2D eigenvalue weighted by atomic mass is 10.0. The second-order valence-corrected chi connectivity index (χ2v) is 7.80. The standard InChI is InChI=1S/C14H20BrNO2S/c15-11-10-12-6-8-13(9-7-12)16-19(17,18)14-4-2-1-3-5-14/h6-9,14,16H,1-5,10-11H2. The summed E-state index contributed by atoms with van der Waals surface area (Å²) in [6.07, 6.45) is 5.74. The molecule has 5 heteroatoms. The Morgan fingerprint density at radius 1 is 1.11 bits per heavy atom. The topological polar surface area (TPSA) is 46.2 Å². The van der Waals surface area contributed by atoms with Gasteiger partial charge >= 0.3 is 0 Å². The molecule has 0 bridgehead atoms. The van der Waals surface area contributed by atoms with Gasteiger partial charge in [-0.3, -0.25) is 4.72 Å². The molecule has 0 atom stereocenters. The fourth-order valence-electron chi connectivity index (χ4n) is 2.47. The first kappa shape index (κ1) is 14.9. The summed E-state index contributed by atoms with van der Waals surface area (Å²) in [7, 11) is -3.22. The smallest absolute Gasteiger partial charge is 0.235 e. The fraction of sp³-hybridized carbons (Fsp3) is 0.571. The van der Waals surface area contributed by atoms with Crippen LogP contribution in [0.25, 0.3) is 0 Å². The van der Waals surface area contributed by atoms with E-state index in [-0.39, 0.29) is 5.25 Å². The predicted molar refractivity (Wildman–Crippen MR) is 83.4 cm³/mol. The Morgan fingerprint density at radius 2 is 1.74 bits per heavy atom. The lowest BCUT2D eigenvalue weighted by Crippen LogP contribution is -2.29. The minimum atomic E-state index is -3.22. The van der Waals surface area contributed by atoms with Crippen LogP contribution in [0.15, 0.2) is 24.3 Å². The Morgan fingerprint density at radius 3 is 2.32 bits per heavy atom. The molecule has 3 nitrogen and oxygen atoms in total. The van der Waals surface area contributed by atoms with Crippen molar-refractivity contribution in [2.75, 3.05) is 10.1 Å². The first-order chi connectivity index (χ1) is 9.12. The molecule has 0 aromatic heterocycles. The second kappa shape index (κ2) is 6.75. The number of hydrogen-bond donors (Lipinski definition) is 1. The van der Waals surface area contributed by atoms with Gasteiger partial charge in [-0.2, -0.15) is 0 Å². The van der Waals surface area contributed by atoms with Crippen LogP contribution >= 0.6 is 15.9 Å². The summed E-state index contributed by atoms with van der Waals surface area (Å²) in [4.78, 5) is 0. The quantitative estimate of drug-likeness (QED) is 0.827. The Balaban J connectivity index is 2.02. The van der Waals surface area contributed by atoms with Gasteiger partial charge < -0.3 is 0 Å². The number of aryl methyl sites for hydroxylation is 1. The molecule has 0 spiro atoms. The van der Waals surface area contributed by atoms with Crippen LogP contribution in [0.1, 0.15) is 37.7 Å². The molecular weight excluding hydrogens is 326 g/mol. The largest absolute Gasteiger partial charge is 0.283 e. The number of nitrogens with one attached hydrogen (secondary N) is 1. The van der Waals surface area contributed by atoms with Crippen LogP contribution < -0.4 is 4.72 Å². The highest BCUT2D eigenvalue weighted by atomic mass is 79.9. The zero-order valence-corrected chi connectivity index (χ0v) is 13.3. The van der Waals surface area contributed by atoms with Crippen LogP contribution in [-0.4, -0.2) is 19.0 Å². The number of anilines is 1. The molecule has 19 heavy (non-hydrogen) atoms. The molecule has 0 aliphatic heterocycles. The van der Waals surface area contributed by atoms with Crippen molar-refractivity contribution in [1.29, 1.82) is 0 Å². The highest BCUT2D eigenvalue weighted by molar-refractivity contribution is 9.09. The second-order valence-electron chi connectivity index (χ2n) is 5.04. The molecule has 0 unspecified atom stereocenters. The lowest BCUT2D eigenvalue weighted by Gasteiger charge is -2.22. The van der Waals surface area contributed by atoms with Crippen molar-refractivity contribution in [2.45, 2.75) is 43.8 Å². The highest BCUT2D eigenvalue weighted by Crippen LogP contribution is 2.25. The van der Waals surface area contributed by atoms with Crippen molar-refractivity contribution >= 4 is 31.6 Å². The van der Waals surface area contributed by atoms with Crippen molar-refractivity contribution in [3.05, 3.63) is 29.8 Å². The summed E-state index contributed by atoms with van der Waals surface area (Å²) in [5.41, 5.74) is 1.88. The van der Waals surface area contributed by atoms with Gasteiger partial charge in [-0.05, 0) is 37.0 Å². The maximum atomic E-state index is 12.2. The van der Waals surface area contributed by atoms with E-state index in [9.17, 15) is 8.42 Å². The molecule has 0 amide bonds. The van der Waals surface area contributed by atoms with E-state index in [1.54, 1.807) is 0 Å². The zero-order chi connectivity index (χ0) is 13.7. The van der Waals surface area contributed by atoms with Crippen LogP contribution in [-0.2, 0) is 16.4 Å². The Bertz CT molecular complexity index is 493. The molecule has 1 fully saturated rings. The van der Waals surface area contributed by atoms with E-state index < -0.39 is 10.0 Å². The number of sulfonamides is 1. The maximum absolute atomic E-state index is 12.2. The van der Waals surface area contributed by atoms with Crippen LogP contribution in [0.3, 0.4) is 0 Å². The van der Waals surface area contributed by atoms with Crippen molar-refractivity contribution < 1.29 is 8.42 Å². The molecule has 1 aromatic rings. The first-order valence-electron chi connectivity index (χ1n) is 6.78. The maximum Gasteiger partial charge on any atom is 0.235 e.